The molecule has 0 N–H and O–H groups in total. The van der Waals surface area contributed by atoms with Crippen LogP contribution in [0.1, 0.15) is 58.2 Å². The van der Waals surface area contributed by atoms with Gasteiger partial charge in [0.2, 0.25) is 0 Å². The minimum atomic E-state index is -1.29. The highest BCUT2D eigenvalue weighted by molar-refractivity contribution is 7.80. The predicted octanol–water partition coefficient (Wildman–Crippen LogP) is 3.83. The van der Waals surface area contributed by atoms with Crippen molar-refractivity contribution in [2.45, 2.75) is 63.9 Å². The molecule has 1 aliphatic heterocycles. The van der Waals surface area contributed by atoms with E-state index in [2.05, 4.69) is 53.7 Å². The predicted molar refractivity (Wildman–Crippen MR) is 75.0 cm³/mol. The van der Waals surface area contributed by atoms with E-state index in [1.807, 2.05) is 0 Å². The average Bonchev–Trinajstić information content (AvgIpc) is 2.56. The van der Waals surface area contributed by atoms with Crippen LogP contribution in [-0.4, -0.2) is 4.21 Å². The molecule has 1 heterocycles. The van der Waals surface area contributed by atoms with Crippen molar-refractivity contribution in [2.24, 2.45) is 0 Å². The Morgan fingerprint density at radius 3 is 2.17 bits per heavy atom. The van der Waals surface area contributed by atoms with Crippen LogP contribution in [0.5, 0.6) is 0 Å². The zero-order chi connectivity index (χ0) is 13.7. The molecule has 0 aromatic heterocycles. The lowest BCUT2D eigenvalue weighted by molar-refractivity contribution is 0.355. The first-order valence-electron chi connectivity index (χ1n) is 6.33. The summed E-state index contributed by atoms with van der Waals surface area (Å²) in [5, 5.41) is 0. The lowest BCUT2D eigenvalue weighted by Gasteiger charge is -2.26. The lowest BCUT2D eigenvalue weighted by atomic mass is 9.79. The summed E-state index contributed by atoms with van der Waals surface area (Å²) in [6.07, 6.45) is 0. The molecule has 0 bridgehead atoms. The van der Waals surface area contributed by atoms with Gasteiger partial charge < -0.3 is 0 Å². The van der Waals surface area contributed by atoms with Crippen LogP contribution < -0.4 is 0 Å². The molecule has 18 heavy (non-hydrogen) atoms. The van der Waals surface area contributed by atoms with Crippen molar-refractivity contribution in [3.05, 3.63) is 28.8 Å². The van der Waals surface area contributed by atoms with Gasteiger partial charge in [-0.05, 0) is 27.5 Å². The molecular formula is C15H22O2S. The Balaban J connectivity index is 2.71. The molecule has 0 saturated heterocycles. The summed E-state index contributed by atoms with van der Waals surface area (Å²) in [5.41, 5.74) is 3.61. The van der Waals surface area contributed by atoms with Gasteiger partial charge in [0.25, 0.3) is 0 Å². The molecule has 0 fully saturated rings. The van der Waals surface area contributed by atoms with Gasteiger partial charge in [-0.1, -0.05) is 53.7 Å². The molecule has 2 rings (SSSR count). The van der Waals surface area contributed by atoms with Crippen molar-refractivity contribution < 1.29 is 8.39 Å². The maximum absolute atomic E-state index is 12.0. The topological polar surface area (TPSA) is 26.3 Å². The van der Waals surface area contributed by atoms with Crippen molar-refractivity contribution in [1.29, 1.82) is 0 Å². The summed E-state index contributed by atoms with van der Waals surface area (Å²) in [6, 6.07) is 4.35. The Bertz CT molecular complexity index is 504. The molecule has 0 aliphatic carbocycles. The highest BCUT2D eigenvalue weighted by atomic mass is 32.2. The van der Waals surface area contributed by atoms with Gasteiger partial charge in [0.05, 0.1) is 11.5 Å². The molecule has 3 heteroatoms. The van der Waals surface area contributed by atoms with Crippen LogP contribution in [-0.2, 0) is 32.7 Å². The van der Waals surface area contributed by atoms with E-state index in [-0.39, 0.29) is 10.8 Å². The number of fused-ring (bicyclic) bond motifs is 1. The Morgan fingerprint density at radius 2 is 1.67 bits per heavy atom. The van der Waals surface area contributed by atoms with Crippen LogP contribution in [0.25, 0.3) is 0 Å². The van der Waals surface area contributed by atoms with E-state index in [1.165, 1.54) is 5.56 Å². The Kier molecular flexibility index (Phi) is 3.19. The van der Waals surface area contributed by atoms with Gasteiger partial charge in [-0.15, -0.1) is 0 Å². The molecule has 1 aromatic rings. The number of hydrogen-bond donors (Lipinski definition) is 0. The van der Waals surface area contributed by atoms with Gasteiger partial charge in [-0.25, -0.2) is 4.21 Å². The molecule has 1 unspecified atom stereocenters. The molecular weight excluding hydrogens is 244 g/mol. The third-order valence-electron chi connectivity index (χ3n) is 3.33. The quantitative estimate of drug-likeness (QED) is 0.713. The van der Waals surface area contributed by atoms with Gasteiger partial charge in [0.15, 0.2) is 11.1 Å². The van der Waals surface area contributed by atoms with Crippen LogP contribution in [0.15, 0.2) is 17.0 Å². The minimum Gasteiger partial charge on any atom is -0.282 e. The fourth-order valence-corrected chi connectivity index (χ4v) is 3.39. The first-order chi connectivity index (χ1) is 8.10. The minimum absolute atomic E-state index is 0.0191. The van der Waals surface area contributed by atoms with Crippen molar-refractivity contribution in [2.75, 3.05) is 0 Å². The normalized spacial score (nSPS) is 20.0. The Hall–Kier alpha value is -0.670. The van der Waals surface area contributed by atoms with E-state index in [0.717, 1.165) is 16.0 Å². The zero-order valence-corrected chi connectivity index (χ0v) is 12.9. The molecule has 1 aromatic carbocycles. The van der Waals surface area contributed by atoms with E-state index < -0.39 is 11.1 Å². The third kappa shape index (κ3) is 2.39. The summed E-state index contributed by atoms with van der Waals surface area (Å²) in [4.78, 5) is 0.899. The lowest BCUT2D eigenvalue weighted by Crippen LogP contribution is -2.18. The maximum atomic E-state index is 12.0. The molecule has 0 spiro atoms. The van der Waals surface area contributed by atoms with E-state index in [1.54, 1.807) is 0 Å². The van der Waals surface area contributed by atoms with Crippen LogP contribution >= 0.6 is 0 Å². The van der Waals surface area contributed by atoms with Crippen molar-refractivity contribution >= 4 is 11.1 Å². The fraction of sp³-hybridized carbons (Fsp3) is 0.600. The Morgan fingerprint density at radius 1 is 1.06 bits per heavy atom. The van der Waals surface area contributed by atoms with E-state index in [0.29, 0.717) is 6.61 Å². The van der Waals surface area contributed by atoms with E-state index in [9.17, 15) is 4.21 Å². The van der Waals surface area contributed by atoms with E-state index >= 15 is 0 Å². The van der Waals surface area contributed by atoms with Crippen molar-refractivity contribution in [1.82, 2.24) is 0 Å². The maximum Gasteiger partial charge on any atom is 0.190 e. The summed E-state index contributed by atoms with van der Waals surface area (Å²) in [7, 11) is 0. The summed E-state index contributed by atoms with van der Waals surface area (Å²) in [5.74, 6) is 0. The van der Waals surface area contributed by atoms with Crippen LogP contribution in [0.4, 0.5) is 0 Å². The smallest absolute Gasteiger partial charge is 0.190 e. The zero-order valence-electron chi connectivity index (χ0n) is 12.1. The number of benzene rings is 1. The highest BCUT2D eigenvalue weighted by Crippen LogP contribution is 2.38. The molecule has 0 amide bonds. The Labute approximate surface area is 112 Å². The second kappa shape index (κ2) is 4.17. The monoisotopic (exact) mass is 266 g/mol. The third-order valence-corrected chi connectivity index (χ3v) is 4.48. The van der Waals surface area contributed by atoms with Gasteiger partial charge in [-0.2, -0.15) is 0 Å². The number of hydrogen-bond acceptors (Lipinski definition) is 2. The first kappa shape index (κ1) is 13.8. The molecule has 0 saturated carbocycles. The first-order valence-corrected chi connectivity index (χ1v) is 7.41. The van der Waals surface area contributed by atoms with Crippen LogP contribution in [0.2, 0.25) is 0 Å². The van der Waals surface area contributed by atoms with Gasteiger partial charge >= 0.3 is 0 Å². The molecule has 0 radical (unpaired) electrons. The highest BCUT2D eigenvalue weighted by Gasteiger charge is 2.31. The van der Waals surface area contributed by atoms with Crippen LogP contribution in [0, 0.1) is 0 Å². The average molecular weight is 266 g/mol. The summed E-state index contributed by atoms with van der Waals surface area (Å²) >= 11 is -1.29. The van der Waals surface area contributed by atoms with E-state index in [4.69, 9.17) is 4.18 Å². The van der Waals surface area contributed by atoms with Gasteiger partial charge in [0, 0.05) is 0 Å². The molecule has 1 aliphatic rings. The van der Waals surface area contributed by atoms with Gasteiger partial charge in [0.1, 0.15) is 0 Å². The molecule has 2 nitrogen and oxygen atoms in total. The molecule has 1 atom stereocenters. The summed E-state index contributed by atoms with van der Waals surface area (Å²) in [6.45, 7) is 13.5. The summed E-state index contributed by atoms with van der Waals surface area (Å²) < 4.78 is 17.3. The largest absolute Gasteiger partial charge is 0.282 e. The second-order valence-corrected chi connectivity index (χ2v) is 8.12. The second-order valence-electron chi connectivity index (χ2n) is 7.01. The number of rotatable bonds is 0. The fourth-order valence-electron chi connectivity index (χ4n) is 2.16. The standard InChI is InChI=1S/C15H22O2S/c1-14(2,3)11-7-10-9-17-18(16)13(10)12(8-11)15(4,5)6/h7-8H,9H2,1-6H3. The van der Waals surface area contributed by atoms with Crippen molar-refractivity contribution in [3.63, 3.8) is 0 Å². The molecule has 100 valence electrons. The van der Waals surface area contributed by atoms with Gasteiger partial charge in [-0.3, -0.25) is 4.18 Å². The van der Waals surface area contributed by atoms with Crippen LogP contribution in [0.3, 0.4) is 0 Å². The SMILES string of the molecule is CC(C)(C)c1cc2c(c(C(C)(C)C)c1)S(=O)OC2. The van der Waals surface area contributed by atoms with Crippen molar-refractivity contribution in [3.8, 4) is 0 Å².